The number of anilines is 1. The smallest absolute Gasteiger partial charge is 0.327 e. The van der Waals surface area contributed by atoms with Crippen molar-refractivity contribution >= 4 is 17.3 Å². The van der Waals surface area contributed by atoms with Gasteiger partial charge in [-0.05, 0) is 43.7 Å². The quantitative estimate of drug-likeness (QED) is 0.376. The first kappa shape index (κ1) is 23.2. The van der Waals surface area contributed by atoms with E-state index >= 15 is 0 Å². The predicted molar refractivity (Wildman–Crippen MR) is 137 cm³/mol. The van der Waals surface area contributed by atoms with E-state index < -0.39 is 6.04 Å². The summed E-state index contributed by atoms with van der Waals surface area (Å²) in [7, 11) is 3.20. The zero-order valence-corrected chi connectivity index (χ0v) is 20.5. The molecule has 0 bridgehead atoms. The maximum absolute atomic E-state index is 13.4. The summed E-state index contributed by atoms with van der Waals surface area (Å²) in [5, 5.41) is 7.35. The zero-order valence-electron chi connectivity index (χ0n) is 20.5. The Morgan fingerprint density at radius 1 is 0.917 bits per heavy atom. The van der Waals surface area contributed by atoms with Gasteiger partial charge in [0, 0.05) is 17.3 Å². The molecule has 2 amide bonds. The predicted octanol–water partition coefficient (Wildman–Crippen LogP) is 5.76. The molecule has 1 aromatic heterocycles. The van der Waals surface area contributed by atoms with Crippen LogP contribution in [0, 0.1) is 6.92 Å². The molecule has 0 saturated carbocycles. The minimum absolute atomic E-state index is 0.282. The van der Waals surface area contributed by atoms with Crippen molar-refractivity contribution in [1.29, 1.82) is 0 Å². The number of hydrogen-bond donors (Lipinski definition) is 1. The number of benzene rings is 3. The Labute approximate surface area is 209 Å². The first-order chi connectivity index (χ1) is 17.5. The number of allylic oxidation sites excluding steroid dienone is 1. The van der Waals surface area contributed by atoms with Crippen LogP contribution in [0.15, 0.2) is 83.0 Å². The molecular formula is C28H26N4O4. The first-order valence-electron chi connectivity index (χ1n) is 11.5. The Bertz CT molecular complexity index is 1440. The highest BCUT2D eigenvalue weighted by atomic mass is 16.5. The third-order valence-corrected chi connectivity index (χ3v) is 6.19. The number of hydrogen-bond acceptors (Lipinski definition) is 6. The molecule has 1 atom stereocenters. The molecule has 36 heavy (non-hydrogen) atoms. The van der Waals surface area contributed by atoms with Crippen molar-refractivity contribution in [2.75, 3.05) is 19.1 Å². The molecule has 3 aromatic carbocycles. The molecule has 0 fully saturated rings. The van der Waals surface area contributed by atoms with E-state index in [-0.39, 0.29) is 6.03 Å². The van der Waals surface area contributed by atoms with Gasteiger partial charge in [0.25, 0.3) is 5.89 Å². The summed E-state index contributed by atoms with van der Waals surface area (Å²) in [5.41, 5.74) is 4.83. The van der Waals surface area contributed by atoms with Crippen molar-refractivity contribution in [2.24, 2.45) is 0 Å². The van der Waals surface area contributed by atoms with E-state index in [2.05, 4.69) is 10.5 Å². The number of rotatable bonds is 6. The van der Waals surface area contributed by atoms with Crippen molar-refractivity contribution < 1.29 is 18.8 Å². The van der Waals surface area contributed by atoms with Crippen LogP contribution in [0.4, 0.5) is 10.5 Å². The van der Waals surface area contributed by atoms with Gasteiger partial charge in [0.1, 0.15) is 11.5 Å². The average Bonchev–Trinajstić information content (AvgIpc) is 3.38. The molecule has 1 N–H and O–H groups in total. The van der Waals surface area contributed by atoms with Gasteiger partial charge in [-0.3, -0.25) is 4.90 Å². The van der Waals surface area contributed by atoms with E-state index in [0.29, 0.717) is 40.2 Å². The fourth-order valence-electron chi connectivity index (χ4n) is 4.30. The van der Waals surface area contributed by atoms with Crippen LogP contribution in [0.1, 0.15) is 30.0 Å². The van der Waals surface area contributed by atoms with Gasteiger partial charge in [0.15, 0.2) is 0 Å². The van der Waals surface area contributed by atoms with E-state index in [1.165, 1.54) is 0 Å². The first-order valence-corrected chi connectivity index (χ1v) is 11.5. The molecule has 1 unspecified atom stereocenters. The number of urea groups is 1. The minimum atomic E-state index is -0.527. The summed E-state index contributed by atoms with van der Waals surface area (Å²) in [6.07, 6.45) is 0. The van der Waals surface area contributed by atoms with Crippen molar-refractivity contribution in [3.63, 3.8) is 0 Å². The van der Waals surface area contributed by atoms with Crippen molar-refractivity contribution in [3.05, 3.63) is 95.5 Å². The number of aromatic nitrogens is 2. The SMILES string of the molecule is COc1cccc(C2NC(=O)N(c3cccc(OC)c3)C(C)=C2c2nc(-c3ccc(C)cc3)no2)c1. The largest absolute Gasteiger partial charge is 0.497 e. The Kier molecular flexibility index (Phi) is 6.16. The standard InChI is InChI=1S/C28H26N4O4/c1-17-11-13-19(14-12-17)26-30-27(36-31-26)24-18(2)32(21-8-6-10-23(16-21)35-4)28(33)29-25(24)20-7-5-9-22(15-20)34-3/h5-16,25H,1-4H3,(H,29,33). The van der Waals surface area contributed by atoms with Crippen molar-refractivity contribution in [1.82, 2.24) is 15.5 Å². The second-order valence-electron chi connectivity index (χ2n) is 8.48. The Morgan fingerprint density at radius 2 is 1.61 bits per heavy atom. The molecule has 5 rings (SSSR count). The molecule has 2 heterocycles. The van der Waals surface area contributed by atoms with E-state index in [9.17, 15) is 4.79 Å². The monoisotopic (exact) mass is 482 g/mol. The Hall–Kier alpha value is -4.59. The summed E-state index contributed by atoms with van der Waals surface area (Å²) >= 11 is 0. The molecule has 8 heteroatoms. The molecule has 4 aromatic rings. The molecule has 0 aliphatic carbocycles. The number of carbonyl (C=O) groups excluding carboxylic acids is 1. The van der Waals surface area contributed by atoms with Crippen LogP contribution >= 0.6 is 0 Å². The lowest BCUT2D eigenvalue weighted by Crippen LogP contribution is -2.46. The fraction of sp³-hybridized carbons (Fsp3) is 0.179. The Morgan fingerprint density at radius 3 is 2.33 bits per heavy atom. The molecule has 0 radical (unpaired) electrons. The number of methoxy groups -OCH3 is 2. The topological polar surface area (TPSA) is 89.7 Å². The second kappa shape index (κ2) is 9.58. The molecule has 182 valence electrons. The van der Waals surface area contributed by atoms with Crippen LogP contribution in [-0.4, -0.2) is 30.4 Å². The fourth-order valence-corrected chi connectivity index (χ4v) is 4.30. The number of amides is 2. The second-order valence-corrected chi connectivity index (χ2v) is 8.48. The summed E-state index contributed by atoms with van der Waals surface area (Å²) in [5.74, 6) is 2.12. The van der Waals surface area contributed by atoms with Crippen LogP contribution < -0.4 is 19.7 Å². The van der Waals surface area contributed by atoms with Gasteiger partial charge in [-0.1, -0.05) is 53.2 Å². The Balaban J connectivity index is 1.66. The highest BCUT2D eigenvalue weighted by molar-refractivity contribution is 6.01. The van der Waals surface area contributed by atoms with Crippen molar-refractivity contribution in [3.8, 4) is 22.9 Å². The van der Waals surface area contributed by atoms with Crippen LogP contribution in [-0.2, 0) is 0 Å². The summed E-state index contributed by atoms with van der Waals surface area (Å²) < 4.78 is 16.6. The average molecular weight is 483 g/mol. The number of aryl methyl sites for hydroxylation is 1. The van der Waals surface area contributed by atoms with E-state index in [0.717, 1.165) is 16.7 Å². The number of nitrogens with zero attached hydrogens (tertiary/aromatic N) is 3. The highest BCUT2D eigenvalue weighted by Gasteiger charge is 2.36. The van der Waals surface area contributed by atoms with Gasteiger partial charge in [-0.15, -0.1) is 0 Å². The van der Waals surface area contributed by atoms with Gasteiger partial charge >= 0.3 is 6.03 Å². The lowest BCUT2D eigenvalue weighted by molar-refractivity contribution is 0.244. The minimum Gasteiger partial charge on any atom is -0.497 e. The van der Waals surface area contributed by atoms with E-state index in [4.69, 9.17) is 19.0 Å². The number of ether oxygens (including phenoxy) is 2. The van der Waals surface area contributed by atoms with Gasteiger partial charge in [-0.2, -0.15) is 4.98 Å². The van der Waals surface area contributed by atoms with Crippen LogP contribution in [0.2, 0.25) is 0 Å². The van der Waals surface area contributed by atoms with E-state index in [1.54, 1.807) is 25.2 Å². The molecule has 1 aliphatic heterocycles. The third-order valence-electron chi connectivity index (χ3n) is 6.19. The summed E-state index contributed by atoms with van der Waals surface area (Å²) in [6.45, 7) is 3.90. The summed E-state index contributed by atoms with van der Waals surface area (Å²) in [4.78, 5) is 19.7. The van der Waals surface area contributed by atoms with E-state index in [1.807, 2.05) is 80.6 Å². The van der Waals surface area contributed by atoms with Gasteiger partial charge < -0.3 is 19.3 Å². The summed E-state index contributed by atoms with van der Waals surface area (Å²) in [6, 6.07) is 22.0. The highest BCUT2D eigenvalue weighted by Crippen LogP contribution is 2.40. The number of nitrogens with one attached hydrogen (secondary N) is 1. The normalized spacial score (nSPS) is 15.6. The van der Waals surface area contributed by atoms with Gasteiger partial charge in [-0.25, -0.2) is 4.79 Å². The number of carbonyl (C=O) groups is 1. The lowest BCUT2D eigenvalue weighted by Gasteiger charge is -2.35. The third kappa shape index (κ3) is 4.29. The molecule has 1 aliphatic rings. The molecule has 8 nitrogen and oxygen atoms in total. The van der Waals surface area contributed by atoms with Crippen LogP contribution in [0.3, 0.4) is 0 Å². The maximum atomic E-state index is 13.4. The van der Waals surface area contributed by atoms with Gasteiger partial charge in [0.05, 0.1) is 31.5 Å². The molecule has 0 saturated heterocycles. The van der Waals surface area contributed by atoms with Gasteiger partial charge in [0.2, 0.25) is 5.82 Å². The van der Waals surface area contributed by atoms with Crippen LogP contribution in [0.25, 0.3) is 17.0 Å². The molecular weight excluding hydrogens is 456 g/mol. The lowest BCUT2D eigenvalue weighted by atomic mass is 9.94. The van der Waals surface area contributed by atoms with Crippen LogP contribution in [0.5, 0.6) is 11.5 Å². The zero-order chi connectivity index (χ0) is 25.2. The maximum Gasteiger partial charge on any atom is 0.327 e. The molecule has 0 spiro atoms. The van der Waals surface area contributed by atoms with Crippen molar-refractivity contribution in [2.45, 2.75) is 19.9 Å².